The van der Waals surface area contributed by atoms with Crippen LogP contribution in [0.2, 0.25) is 0 Å². The third-order valence-electron chi connectivity index (χ3n) is 2.02. The van der Waals surface area contributed by atoms with Gasteiger partial charge in [-0.15, -0.1) is 11.8 Å². The van der Waals surface area contributed by atoms with E-state index in [0.717, 1.165) is 0 Å². The lowest BCUT2D eigenvalue weighted by Crippen LogP contribution is -2.34. The summed E-state index contributed by atoms with van der Waals surface area (Å²) < 4.78 is 0.0499. The van der Waals surface area contributed by atoms with Gasteiger partial charge in [0.05, 0.1) is 11.7 Å². The number of thioether (sulfide) groups is 1. The normalized spacial score (nSPS) is 13.2. The highest BCUT2D eigenvalue weighted by atomic mass is 32.2. The van der Waals surface area contributed by atoms with Crippen molar-refractivity contribution in [2.45, 2.75) is 38.9 Å². The molecule has 0 aromatic carbocycles. The molecule has 1 unspecified atom stereocenters. The fourth-order valence-electron chi connectivity index (χ4n) is 0.976. The molecule has 0 aliphatic carbocycles. The predicted molar refractivity (Wildman–Crippen MR) is 66.6 cm³/mol. The maximum Gasteiger partial charge on any atom is 0.308 e. The molecule has 0 aromatic rings. The van der Waals surface area contributed by atoms with Crippen molar-refractivity contribution in [2.24, 2.45) is 5.92 Å². The van der Waals surface area contributed by atoms with Crippen molar-refractivity contribution < 1.29 is 14.7 Å². The summed E-state index contributed by atoms with van der Waals surface area (Å²) in [4.78, 5) is 22.1. The van der Waals surface area contributed by atoms with E-state index < -0.39 is 11.9 Å². The summed E-state index contributed by atoms with van der Waals surface area (Å²) in [5.41, 5.74) is 0. The standard InChI is InChI=1S/C11H21NO3S/c1-5-8(10(14)15)6-12-9(13)7-16-11(2,3)4/h8H,5-7H2,1-4H3,(H,12,13)(H,14,15). The lowest BCUT2D eigenvalue weighted by molar-refractivity contribution is -0.141. The molecule has 1 atom stereocenters. The third kappa shape index (κ3) is 7.56. The summed E-state index contributed by atoms with van der Waals surface area (Å²) in [7, 11) is 0. The summed E-state index contributed by atoms with van der Waals surface area (Å²) in [6, 6.07) is 0. The first-order valence-electron chi connectivity index (χ1n) is 5.39. The molecule has 94 valence electrons. The molecule has 16 heavy (non-hydrogen) atoms. The Balaban J connectivity index is 3.85. The lowest BCUT2D eigenvalue weighted by Gasteiger charge is -2.17. The number of aliphatic carboxylic acids is 1. The Kier molecular flexibility index (Phi) is 6.48. The van der Waals surface area contributed by atoms with Crippen LogP contribution in [0.4, 0.5) is 0 Å². The molecule has 0 aromatic heterocycles. The number of rotatable bonds is 6. The molecule has 1 amide bonds. The highest BCUT2D eigenvalue weighted by Crippen LogP contribution is 2.22. The van der Waals surface area contributed by atoms with Crippen LogP contribution in [0.25, 0.3) is 0 Å². The van der Waals surface area contributed by atoms with Gasteiger partial charge in [0.25, 0.3) is 0 Å². The number of hydrogen-bond acceptors (Lipinski definition) is 3. The predicted octanol–water partition coefficient (Wildman–Crippen LogP) is 1.75. The van der Waals surface area contributed by atoms with Crippen molar-refractivity contribution >= 4 is 23.6 Å². The maximum absolute atomic E-state index is 11.4. The minimum atomic E-state index is -0.855. The number of carbonyl (C=O) groups is 2. The maximum atomic E-state index is 11.4. The Hall–Kier alpha value is -0.710. The zero-order chi connectivity index (χ0) is 12.8. The molecule has 0 rings (SSSR count). The van der Waals surface area contributed by atoms with E-state index in [1.807, 2.05) is 20.8 Å². The Morgan fingerprint density at radius 1 is 1.38 bits per heavy atom. The van der Waals surface area contributed by atoms with Crippen LogP contribution < -0.4 is 5.32 Å². The minimum absolute atomic E-state index is 0.0499. The topological polar surface area (TPSA) is 66.4 Å². The summed E-state index contributed by atoms with van der Waals surface area (Å²) in [5.74, 6) is -1.06. The summed E-state index contributed by atoms with van der Waals surface area (Å²) in [5, 5.41) is 11.4. The molecule has 5 heteroatoms. The summed E-state index contributed by atoms with van der Waals surface area (Å²) in [6.45, 7) is 8.13. The number of carbonyl (C=O) groups excluding carboxylic acids is 1. The highest BCUT2D eigenvalue weighted by Gasteiger charge is 2.17. The fourth-order valence-corrected chi connectivity index (χ4v) is 1.64. The largest absolute Gasteiger partial charge is 0.481 e. The van der Waals surface area contributed by atoms with Gasteiger partial charge in [0.2, 0.25) is 5.91 Å². The average molecular weight is 247 g/mol. The van der Waals surface area contributed by atoms with Gasteiger partial charge < -0.3 is 10.4 Å². The molecule has 0 radical (unpaired) electrons. The molecule has 0 heterocycles. The van der Waals surface area contributed by atoms with Crippen LogP contribution in [0, 0.1) is 5.92 Å². The van der Waals surface area contributed by atoms with Crippen LogP contribution in [0.5, 0.6) is 0 Å². The first-order chi connectivity index (χ1) is 7.26. The van der Waals surface area contributed by atoms with Crippen LogP contribution in [0.15, 0.2) is 0 Å². The fraction of sp³-hybridized carbons (Fsp3) is 0.818. The molecule has 0 aliphatic heterocycles. The summed E-state index contributed by atoms with van der Waals surface area (Å²) >= 11 is 1.55. The molecule has 0 saturated heterocycles. The summed E-state index contributed by atoms with van der Waals surface area (Å²) in [6.07, 6.45) is 0.530. The van der Waals surface area contributed by atoms with Gasteiger partial charge in [0.1, 0.15) is 0 Å². The minimum Gasteiger partial charge on any atom is -0.481 e. The monoisotopic (exact) mass is 247 g/mol. The zero-order valence-electron chi connectivity index (χ0n) is 10.4. The van der Waals surface area contributed by atoms with E-state index in [9.17, 15) is 9.59 Å². The van der Waals surface area contributed by atoms with E-state index in [1.165, 1.54) is 0 Å². The molecule has 2 N–H and O–H groups in total. The second kappa shape index (κ2) is 6.78. The Morgan fingerprint density at radius 3 is 2.31 bits per heavy atom. The van der Waals surface area contributed by atoms with Gasteiger partial charge in [-0.1, -0.05) is 27.7 Å². The van der Waals surface area contributed by atoms with Crippen LogP contribution in [0.3, 0.4) is 0 Å². The van der Waals surface area contributed by atoms with Crippen LogP contribution in [-0.2, 0) is 9.59 Å². The van der Waals surface area contributed by atoms with E-state index in [4.69, 9.17) is 5.11 Å². The number of amides is 1. The van der Waals surface area contributed by atoms with E-state index in [-0.39, 0.29) is 17.2 Å². The van der Waals surface area contributed by atoms with Crippen molar-refractivity contribution in [1.29, 1.82) is 0 Å². The molecule has 0 saturated carbocycles. The number of carboxylic acid groups (broad SMARTS) is 1. The molecule has 0 spiro atoms. The molecular formula is C11H21NO3S. The van der Waals surface area contributed by atoms with E-state index in [0.29, 0.717) is 12.2 Å². The van der Waals surface area contributed by atoms with E-state index in [2.05, 4.69) is 5.32 Å². The van der Waals surface area contributed by atoms with Crippen LogP contribution in [0.1, 0.15) is 34.1 Å². The van der Waals surface area contributed by atoms with E-state index in [1.54, 1.807) is 18.7 Å². The Morgan fingerprint density at radius 2 is 1.94 bits per heavy atom. The van der Waals surface area contributed by atoms with Crippen molar-refractivity contribution in [3.63, 3.8) is 0 Å². The first-order valence-corrected chi connectivity index (χ1v) is 6.38. The second-order valence-electron chi connectivity index (χ2n) is 4.65. The second-order valence-corrected chi connectivity index (χ2v) is 6.45. The van der Waals surface area contributed by atoms with Crippen molar-refractivity contribution in [3.8, 4) is 0 Å². The van der Waals surface area contributed by atoms with Gasteiger partial charge in [-0.05, 0) is 6.42 Å². The Bertz CT molecular complexity index is 248. The number of nitrogens with one attached hydrogen (secondary N) is 1. The highest BCUT2D eigenvalue weighted by molar-refractivity contribution is 8.01. The van der Waals surface area contributed by atoms with Gasteiger partial charge in [-0.3, -0.25) is 9.59 Å². The number of hydrogen-bond donors (Lipinski definition) is 2. The van der Waals surface area contributed by atoms with Crippen molar-refractivity contribution in [3.05, 3.63) is 0 Å². The van der Waals surface area contributed by atoms with Gasteiger partial charge in [0, 0.05) is 11.3 Å². The lowest BCUT2D eigenvalue weighted by atomic mass is 10.1. The third-order valence-corrected chi connectivity index (χ3v) is 3.30. The molecule has 0 aliphatic rings. The average Bonchev–Trinajstić information content (AvgIpc) is 2.14. The van der Waals surface area contributed by atoms with Crippen molar-refractivity contribution in [2.75, 3.05) is 12.3 Å². The molecule has 4 nitrogen and oxygen atoms in total. The van der Waals surface area contributed by atoms with Crippen LogP contribution in [-0.4, -0.2) is 34.0 Å². The smallest absolute Gasteiger partial charge is 0.308 e. The SMILES string of the molecule is CCC(CNC(=O)CSC(C)(C)C)C(=O)O. The van der Waals surface area contributed by atoms with Gasteiger partial charge >= 0.3 is 5.97 Å². The first kappa shape index (κ1) is 15.3. The molecular weight excluding hydrogens is 226 g/mol. The van der Waals surface area contributed by atoms with Crippen LogP contribution >= 0.6 is 11.8 Å². The van der Waals surface area contributed by atoms with Crippen molar-refractivity contribution in [1.82, 2.24) is 5.32 Å². The van der Waals surface area contributed by atoms with Gasteiger partial charge in [0.15, 0.2) is 0 Å². The molecule has 0 bridgehead atoms. The van der Waals surface area contributed by atoms with Gasteiger partial charge in [-0.2, -0.15) is 0 Å². The quantitative estimate of drug-likeness (QED) is 0.750. The van der Waals surface area contributed by atoms with E-state index >= 15 is 0 Å². The number of carboxylic acids is 1. The molecule has 0 fully saturated rings. The Labute approximate surface area is 101 Å². The zero-order valence-corrected chi connectivity index (χ0v) is 11.2. The van der Waals surface area contributed by atoms with Gasteiger partial charge in [-0.25, -0.2) is 0 Å².